The molecule has 2 heterocycles. The summed E-state index contributed by atoms with van der Waals surface area (Å²) in [5.41, 5.74) is 2.05. The van der Waals surface area contributed by atoms with Crippen molar-refractivity contribution in [3.05, 3.63) is 48.5 Å². The molecule has 2 aromatic heterocycles. The zero-order valence-corrected chi connectivity index (χ0v) is 17.3. The Morgan fingerprint density at radius 2 is 1.91 bits per heavy atom. The Labute approximate surface area is 183 Å². The van der Waals surface area contributed by atoms with Crippen molar-refractivity contribution in [1.82, 2.24) is 30.2 Å². The van der Waals surface area contributed by atoms with E-state index >= 15 is 0 Å². The van der Waals surface area contributed by atoms with E-state index < -0.39 is 30.4 Å². The predicted octanol–water partition coefficient (Wildman–Crippen LogP) is -0.795. The maximum Gasteiger partial charge on any atom is 0.330 e. The van der Waals surface area contributed by atoms with E-state index in [1.54, 1.807) is 0 Å². The van der Waals surface area contributed by atoms with Gasteiger partial charge in [0.2, 0.25) is 11.8 Å². The number of benzene rings is 1. The molecule has 0 bridgehead atoms. The second-order valence-electron chi connectivity index (χ2n) is 6.71. The minimum absolute atomic E-state index is 0.126. The smallest absolute Gasteiger partial charge is 0.330 e. The summed E-state index contributed by atoms with van der Waals surface area (Å²) in [7, 11) is 1.14. The minimum atomic E-state index is -1.19. The number of methoxy groups -OCH3 is 1. The highest BCUT2D eigenvalue weighted by Crippen LogP contribution is 2.18. The molecule has 1 aromatic carbocycles. The number of carbonyl (C=O) groups is 3. The van der Waals surface area contributed by atoms with Gasteiger partial charge in [0, 0.05) is 6.54 Å². The maximum absolute atomic E-state index is 12.3. The lowest BCUT2D eigenvalue weighted by atomic mass is 10.2. The Kier molecular flexibility index (Phi) is 7.65. The third-order valence-corrected chi connectivity index (χ3v) is 4.47. The fraction of sp³-hybridized carbons (Fsp3) is 0.300. The van der Waals surface area contributed by atoms with E-state index in [2.05, 4.69) is 35.6 Å². The van der Waals surface area contributed by atoms with Crippen molar-refractivity contribution >= 4 is 34.8 Å². The van der Waals surface area contributed by atoms with Gasteiger partial charge in [0.15, 0.2) is 17.5 Å². The first-order chi connectivity index (χ1) is 15.5. The van der Waals surface area contributed by atoms with Gasteiger partial charge in [-0.2, -0.15) is 0 Å². The van der Waals surface area contributed by atoms with Gasteiger partial charge in [0.05, 0.1) is 26.6 Å². The molecule has 0 radical (unpaired) electrons. The average molecular weight is 441 g/mol. The van der Waals surface area contributed by atoms with Gasteiger partial charge in [-0.25, -0.2) is 19.7 Å². The Morgan fingerprint density at radius 1 is 1.12 bits per heavy atom. The predicted molar refractivity (Wildman–Crippen MR) is 113 cm³/mol. The molecule has 12 heteroatoms. The van der Waals surface area contributed by atoms with Crippen LogP contribution in [0.4, 0.5) is 5.82 Å². The lowest BCUT2D eigenvalue weighted by Crippen LogP contribution is -2.48. The van der Waals surface area contributed by atoms with Crippen molar-refractivity contribution < 1.29 is 24.2 Å². The molecule has 0 aliphatic carbocycles. The van der Waals surface area contributed by atoms with Crippen LogP contribution in [0.25, 0.3) is 11.2 Å². The summed E-state index contributed by atoms with van der Waals surface area (Å²) >= 11 is 0. The standard InChI is InChI=1S/C20H23N7O5/c1-32-20(31)14(10-28)26-15(29)8-21-16(30)9-27-12-25-17-18(23-11-24-19(17)27)22-7-13-5-3-2-4-6-13/h2-6,11-12,14,28H,7-10H2,1H3,(H,21,30)(H,26,29)(H,22,23,24)/t14-/m0/s1. The van der Waals surface area contributed by atoms with Gasteiger partial charge in [-0.1, -0.05) is 30.3 Å². The summed E-state index contributed by atoms with van der Waals surface area (Å²) in [5, 5.41) is 17.0. The molecule has 0 aliphatic heterocycles. The molecule has 0 spiro atoms. The fourth-order valence-corrected chi connectivity index (χ4v) is 2.86. The van der Waals surface area contributed by atoms with Crippen LogP contribution in [0.2, 0.25) is 0 Å². The highest BCUT2D eigenvalue weighted by Gasteiger charge is 2.20. The largest absolute Gasteiger partial charge is 0.467 e. The third kappa shape index (κ3) is 5.76. The van der Waals surface area contributed by atoms with Crippen molar-refractivity contribution in [2.75, 3.05) is 25.6 Å². The van der Waals surface area contributed by atoms with Crippen LogP contribution in [-0.4, -0.2) is 68.7 Å². The number of aliphatic hydroxyl groups excluding tert-OH is 1. The van der Waals surface area contributed by atoms with Gasteiger partial charge < -0.3 is 30.4 Å². The molecule has 0 fully saturated rings. The van der Waals surface area contributed by atoms with E-state index in [0.29, 0.717) is 23.5 Å². The molecule has 3 rings (SSSR count). The zero-order valence-electron chi connectivity index (χ0n) is 17.3. The molecule has 12 nitrogen and oxygen atoms in total. The molecular weight excluding hydrogens is 418 g/mol. The molecule has 168 valence electrons. The first kappa shape index (κ1) is 22.6. The van der Waals surface area contributed by atoms with Gasteiger partial charge in [-0.15, -0.1) is 0 Å². The second-order valence-corrected chi connectivity index (χ2v) is 6.71. The first-order valence-electron chi connectivity index (χ1n) is 9.70. The van der Waals surface area contributed by atoms with E-state index in [-0.39, 0.29) is 13.1 Å². The number of hydrogen-bond acceptors (Lipinski definition) is 9. The van der Waals surface area contributed by atoms with Crippen molar-refractivity contribution in [3.63, 3.8) is 0 Å². The van der Waals surface area contributed by atoms with Gasteiger partial charge >= 0.3 is 5.97 Å². The Morgan fingerprint density at radius 3 is 2.62 bits per heavy atom. The van der Waals surface area contributed by atoms with E-state index in [4.69, 9.17) is 5.11 Å². The molecule has 0 aliphatic rings. The number of nitrogens with zero attached hydrogens (tertiary/aromatic N) is 4. The average Bonchev–Trinajstić information content (AvgIpc) is 3.23. The molecule has 0 unspecified atom stereocenters. The van der Waals surface area contributed by atoms with Crippen LogP contribution >= 0.6 is 0 Å². The zero-order chi connectivity index (χ0) is 22.9. The number of aromatic nitrogens is 4. The lowest BCUT2D eigenvalue weighted by Gasteiger charge is -2.14. The molecular formula is C20H23N7O5. The van der Waals surface area contributed by atoms with Crippen LogP contribution in [0.5, 0.6) is 0 Å². The van der Waals surface area contributed by atoms with Crippen molar-refractivity contribution in [1.29, 1.82) is 0 Å². The summed E-state index contributed by atoms with van der Waals surface area (Å²) in [6.07, 6.45) is 2.84. The lowest BCUT2D eigenvalue weighted by molar-refractivity contribution is -0.146. The van der Waals surface area contributed by atoms with E-state index in [1.165, 1.54) is 17.2 Å². The van der Waals surface area contributed by atoms with Crippen molar-refractivity contribution in [2.45, 2.75) is 19.1 Å². The van der Waals surface area contributed by atoms with Crippen LogP contribution in [0, 0.1) is 0 Å². The third-order valence-electron chi connectivity index (χ3n) is 4.47. The molecule has 4 N–H and O–H groups in total. The summed E-state index contributed by atoms with van der Waals surface area (Å²) in [6.45, 7) is -0.569. The molecule has 0 saturated carbocycles. The number of carbonyl (C=O) groups excluding carboxylic acids is 3. The molecule has 32 heavy (non-hydrogen) atoms. The minimum Gasteiger partial charge on any atom is -0.467 e. The topological polar surface area (TPSA) is 160 Å². The Bertz CT molecular complexity index is 1090. The van der Waals surface area contributed by atoms with Gasteiger partial charge in [-0.05, 0) is 5.56 Å². The summed E-state index contributed by atoms with van der Waals surface area (Å²) < 4.78 is 6.00. The van der Waals surface area contributed by atoms with Crippen LogP contribution in [0.3, 0.4) is 0 Å². The summed E-state index contributed by atoms with van der Waals surface area (Å²) in [4.78, 5) is 48.3. The number of nitrogens with one attached hydrogen (secondary N) is 3. The van der Waals surface area contributed by atoms with Crippen molar-refractivity contribution in [3.8, 4) is 0 Å². The summed E-state index contributed by atoms with van der Waals surface area (Å²) in [6, 6.07) is 8.60. The van der Waals surface area contributed by atoms with Gasteiger partial charge in [0.1, 0.15) is 18.4 Å². The van der Waals surface area contributed by atoms with E-state index in [0.717, 1.165) is 12.7 Å². The van der Waals surface area contributed by atoms with Crippen LogP contribution < -0.4 is 16.0 Å². The number of aliphatic hydroxyl groups is 1. The molecule has 0 saturated heterocycles. The number of rotatable bonds is 10. The number of anilines is 1. The highest BCUT2D eigenvalue weighted by atomic mass is 16.5. The monoisotopic (exact) mass is 441 g/mol. The van der Waals surface area contributed by atoms with Crippen LogP contribution in [-0.2, 0) is 32.2 Å². The van der Waals surface area contributed by atoms with Crippen LogP contribution in [0.15, 0.2) is 43.0 Å². The number of esters is 1. The maximum atomic E-state index is 12.3. The van der Waals surface area contributed by atoms with Crippen molar-refractivity contribution in [2.24, 2.45) is 0 Å². The van der Waals surface area contributed by atoms with Crippen LogP contribution in [0.1, 0.15) is 5.56 Å². The fourth-order valence-electron chi connectivity index (χ4n) is 2.86. The highest BCUT2D eigenvalue weighted by molar-refractivity contribution is 5.89. The number of imidazole rings is 1. The molecule has 1 atom stereocenters. The van der Waals surface area contributed by atoms with E-state index in [1.807, 2.05) is 30.3 Å². The number of amides is 2. The van der Waals surface area contributed by atoms with Gasteiger partial charge in [-0.3, -0.25) is 9.59 Å². The number of ether oxygens (including phenoxy) is 1. The Balaban J connectivity index is 1.57. The first-order valence-corrected chi connectivity index (χ1v) is 9.70. The number of hydrogen-bond donors (Lipinski definition) is 4. The Hall–Kier alpha value is -4.06. The molecule has 2 amide bonds. The second kappa shape index (κ2) is 10.8. The number of fused-ring (bicyclic) bond motifs is 1. The SMILES string of the molecule is COC(=O)[C@H](CO)NC(=O)CNC(=O)Cn1cnc2c(NCc3ccccc3)ncnc21. The van der Waals surface area contributed by atoms with E-state index in [9.17, 15) is 14.4 Å². The quantitative estimate of drug-likeness (QED) is 0.295. The normalized spacial score (nSPS) is 11.6. The molecule has 3 aromatic rings. The summed E-state index contributed by atoms with van der Waals surface area (Å²) in [5.74, 6) is -1.35. The van der Waals surface area contributed by atoms with Gasteiger partial charge in [0.25, 0.3) is 0 Å².